The molecule has 3 aromatic carbocycles. The predicted octanol–water partition coefficient (Wildman–Crippen LogP) is 4.11. The molecule has 4 aromatic rings. The molecule has 0 saturated carbocycles. The first-order valence-electron chi connectivity index (χ1n) is 10.1. The van der Waals surface area contributed by atoms with Crippen LogP contribution in [0.5, 0.6) is 0 Å². The minimum absolute atomic E-state index is 0.972. The van der Waals surface area contributed by atoms with Gasteiger partial charge in [-0.2, -0.15) is 4.57 Å². The number of hydrogen-bond donors (Lipinski definition) is 0. The summed E-state index contributed by atoms with van der Waals surface area (Å²) in [5.74, 6) is 0.972. The van der Waals surface area contributed by atoms with Gasteiger partial charge in [0, 0.05) is 24.0 Å². The summed E-state index contributed by atoms with van der Waals surface area (Å²) in [5.41, 5.74) is 4.02. The summed E-state index contributed by atoms with van der Waals surface area (Å²) in [6.07, 6.45) is 0. The summed E-state index contributed by atoms with van der Waals surface area (Å²) >= 11 is 1.99. The molecule has 0 unspecified atom stereocenters. The number of aryl methyl sites for hydroxylation is 1. The van der Waals surface area contributed by atoms with Crippen LogP contribution in [0.3, 0.4) is 0 Å². The molecule has 2 heterocycles. The highest BCUT2D eigenvalue weighted by Gasteiger charge is 2.38. The maximum atomic E-state index is 2.51. The first kappa shape index (κ1) is 18.4. The third-order valence-electron chi connectivity index (χ3n) is 6.18. The van der Waals surface area contributed by atoms with E-state index in [9.17, 15) is 0 Å². The van der Waals surface area contributed by atoms with Crippen LogP contribution in [0, 0.1) is 6.92 Å². The van der Waals surface area contributed by atoms with Crippen LogP contribution in [0.2, 0.25) is 6.55 Å². The van der Waals surface area contributed by atoms with Crippen LogP contribution < -0.4 is 20.1 Å². The average molecular weight is 411 g/mol. The largest absolute Gasteiger partial charge is 0.214 e. The van der Waals surface area contributed by atoms with Crippen molar-refractivity contribution < 1.29 is 4.57 Å². The summed E-state index contributed by atoms with van der Waals surface area (Å²) in [5, 5.41) is 4.44. The summed E-state index contributed by atoms with van der Waals surface area (Å²) < 4.78 is 2.43. The number of pyridine rings is 1. The van der Waals surface area contributed by atoms with Gasteiger partial charge in [-0.3, -0.25) is 0 Å². The Morgan fingerprint density at radius 2 is 1.34 bits per heavy atom. The van der Waals surface area contributed by atoms with Gasteiger partial charge < -0.3 is 0 Å². The highest BCUT2D eigenvalue weighted by atomic mass is 32.2. The molecule has 1 aliphatic heterocycles. The molecule has 0 radical (unpaired) electrons. The number of nitrogens with zero attached hydrogens (tertiary/aromatic N) is 1. The van der Waals surface area contributed by atoms with Gasteiger partial charge in [-0.05, 0) is 27.7 Å². The molecule has 1 aromatic heterocycles. The smallest absolute Gasteiger partial charge is 0.186 e. The van der Waals surface area contributed by atoms with Gasteiger partial charge in [0.15, 0.2) is 11.6 Å². The van der Waals surface area contributed by atoms with E-state index in [1.54, 1.807) is 0 Å². The molecule has 0 fully saturated rings. The fraction of sp³-hybridized carbons (Fsp3) is 0.115. The highest BCUT2D eigenvalue weighted by Crippen LogP contribution is 2.34. The number of hydrogen-bond acceptors (Lipinski definition) is 1. The lowest BCUT2D eigenvalue weighted by Crippen LogP contribution is -2.65. The second-order valence-corrected chi connectivity index (χ2v) is 12.7. The molecule has 0 saturated heterocycles. The molecular weight excluding hydrogens is 386 g/mol. The van der Waals surface area contributed by atoms with E-state index in [4.69, 9.17) is 0 Å². The van der Waals surface area contributed by atoms with Gasteiger partial charge in [0.05, 0.1) is 5.56 Å². The fourth-order valence-electron chi connectivity index (χ4n) is 4.49. The van der Waals surface area contributed by atoms with Crippen molar-refractivity contribution in [3.63, 3.8) is 0 Å². The second-order valence-electron chi connectivity index (χ2n) is 7.79. The maximum Gasteiger partial charge on any atom is 0.214 e. The second kappa shape index (κ2) is 7.32. The number of rotatable bonds is 3. The van der Waals surface area contributed by atoms with Crippen LogP contribution in [0.15, 0.2) is 102 Å². The Hall–Kier alpha value is -2.62. The monoisotopic (exact) mass is 410 g/mol. The average Bonchev–Trinajstić information content (AvgIpc) is 2.79. The topological polar surface area (TPSA) is 3.88 Å². The third-order valence-corrected chi connectivity index (χ3v) is 11.9. The standard InChI is InChI=1S/C26H24NSSi/c1-20-11-9-17-24-23-16-10-18-25(26(23)28-19-27(20)24)29(2,21-12-5-3-6-13-21)22-14-7-4-8-15-22/h3-18H,19H2,1-2H3/q+1. The first-order chi connectivity index (χ1) is 14.2. The van der Waals surface area contributed by atoms with Gasteiger partial charge in [0.1, 0.15) is 8.07 Å². The lowest BCUT2D eigenvalue weighted by atomic mass is 10.1. The van der Waals surface area contributed by atoms with Crippen molar-refractivity contribution in [2.45, 2.75) is 24.2 Å². The zero-order chi connectivity index (χ0) is 19.8. The summed E-state index contributed by atoms with van der Waals surface area (Å²) in [6.45, 7) is 4.71. The van der Waals surface area contributed by atoms with Gasteiger partial charge in [-0.1, -0.05) is 91.1 Å². The number of benzene rings is 3. The fourth-order valence-corrected chi connectivity index (χ4v) is 10.2. The van der Waals surface area contributed by atoms with Crippen LogP contribution in [0.4, 0.5) is 0 Å². The van der Waals surface area contributed by atoms with Crippen molar-refractivity contribution >= 4 is 35.4 Å². The Morgan fingerprint density at radius 1 is 0.724 bits per heavy atom. The molecule has 0 bridgehead atoms. The lowest BCUT2D eigenvalue weighted by Gasteiger charge is -2.32. The minimum atomic E-state index is -2.12. The molecule has 3 heteroatoms. The van der Waals surface area contributed by atoms with Gasteiger partial charge >= 0.3 is 0 Å². The summed E-state index contributed by atoms with van der Waals surface area (Å²) in [4.78, 5) is 1.46. The Morgan fingerprint density at radius 3 is 2.00 bits per heavy atom. The molecule has 0 aliphatic carbocycles. The van der Waals surface area contributed by atoms with E-state index in [0.29, 0.717) is 0 Å². The van der Waals surface area contributed by atoms with E-state index in [1.165, 1.54) is 37.4 Å². The van der Waals surface area contributed by atoms with E-state index in [-0.39, 0.29) is 0 Å². The lowest BCUT2D eigenvalue weighted by molar-refractivity contribution is -0.672. The van der Waals surface area contributed by atoms with Crippen LogP contribution in [0.25, 0.3) is 11.3 Å². The normalized spacial score (nSPS) is 12.9. The third kappa shape index (κ3) is 2.97. The van der Waals surface area contributed by atoms with Crippen molar-refractivity contribution in [3.8, 4) is 11.3 Å². The molecule has 0 atom stereocenters. The van der Waals surface area contributed by atoms with Crippen LogP contribution >= 0.6 is 11.8 Å². The molecular formula is C26H24NSSi+. The molecule has 29 heavy (non-hydrogen) atoms. The van der Waals surface area contributed by atoms with Gasteiger partial charge in [-0.25, -0.2) is 0 Å². The first-order valence-corrected chi connectivity index (χ1v) is 13.6. The van der Waals surface area contributed by atoms with Crippen molar-refractivity contribution in [1.29, 1.82) is 0 Å². The van der Waals surface area contributed by atoms with Crippen molar-refractivity contribution in [1.82, 2.24) is 0 Å². The molecule has 142 valence electrons. The van der Waals surface area contributed by atoms with E-state index in [2.05, 4.69) is 115 Å². The molecule has 5 rings (SSSR count). The maximum absolute atomic E-state index is 2.51. The van der Waals surface area contributed by atoms with Crippen molar-refractivity contribution in [3.05, 3.63) is 103 Å². The quantitative estimate of drug-likeness (QED) is 0.279. The zero-order valence-electron chi connectivity index (χ0n) is 16.8. The highest BCUT2D eigenvalue weighted by molar-refractivity contribution is 7.98. The molecule has 0 N–H and O–H groups in total. The number of aromatic nitrogens is 1. The van der Waals surface area contributed by atoms with E-state index < -0.39 is 8.07 Å². The van der Waals surface area contributed by atoms with Crippen molar-refractivity contribution in [2.24, 2.45) is 0 Å². The van der Waals surface area contributed by atoms with Crippen LogP contribution in [0.1, 0.15) is 5.69 Å². The zero-order valence-corrected chi connectivity index (χ0v) is 18.6. The molecule has 1 nitrogen and oxygen atoms in total. The van der Waals surface area contributed by atoms with E-state index in [1.807, 2.05) is 11.8 Å². The van der Waals surface area contributed by atoms with Gasteiger partial charge in [-0.15, -0.1) is 0 Å². The Bertz CT molecular complexity index is 1130. The van der Waals surface area contributed by atoms with E-state index in [0.717, 1.165) is 5.88 Å². The Balaban J connectivity index is 1.79. The Kier molecular flexibility index (Phi) is 4.65. The molecule has 0 spiro atoms. The predicted molar refractivity (Wildman–Crippen MR) is 126 cm³/mol. The van der Waals surface area contributed by atoms with Gasteiger partial charge in [0.25, 0.3) is 0 Å². The minimum Gasteiger partial charge on any atom is -0.186 e. The SMILES string of the molecule is Cc1cccc2[n+]1CSc1c-2cccc1[Si](C)(c1ccccc1)c1ccccc1. The van der Waals surface area contributed by atoms with E-state index >= 15 is 0 Å². The summed E-state index contributed by atoms with van der Waals surface area (Å²) in [6, 6.07) is 35.8. The number of fused-ring (bicyclic) bond motifs is 3. The Labute approximate surface area is 178 Å². The summed E-state index contributed by atoms with van der Waals surface area (Å²) in [7, 11) is -2.12. The molecule has 0 amide bonds. The van der Waals surface area contributed by atoms with Crippen LogP contribution in [-0.2, 0) is 5.88 Å². The molecule has 1 aliphatic rings. The van der Waals surface area contributed by atoms with Gasteiger partial charge in [0.2, 0.25) is 5.69 Å². The van der Waals surface area contributed by atoms with Crippen molar-refractivity contribution in [2.75, 3.05) is 0 Å². The van der Waals surface area contributed by atoms with Crippen LogP contribution in [-0.4, -0.2) is 8.07 Å². The number of thioether (sulfide) groups is 1.